The first-order valence-electron chi connectivity index (χ1n) is 15.2. The summed E-state index contributed by atoms with van der Waals surface area (Å²) in [6.07, 6.45) is 16.4. The molecule has 0 aliphatic heterocycles. The highest BCUT2D eigenvalue weighted by Crippen LogP contribution is 2.20. The zero-order valence-corrected chi connectivity index (χ0v) is 24.8. The van der Waals surface area contributed by atoms with E-state index in [1.165, 1.54) is 81.8 Å². The molecule has 38 heavy (non-hydrogen) atoms. The molecule has 4 heteroatoms. The highest BCUT2D eigenvalue weighted by molar-refractivity contribution is 5.69. The minimum Gasteiger partial charge on any atom is -0.455 e. The lowest BCUT2D eigenvalue weighted by atomic mass is 10.0. The number of benzene rings is 2. The Kier molecular flexibility index (Phi) is 15.8. The van der Waals surface area contributed by atoms with E-state index in [2.05, 4.69) is 57.4 Å². The van der Waals surface area contributed by atoms with Gasteiger partial charge in [-0.05, 0) is 30.5 Å². The molecule has 0 radical (unpaired) electrons. The second-order valence-electron chi connectivity index (χ2n) is 11.4. The van der Waals surface area contributed by atoms with Gasteiger partial charge in [0.15, 0.2) is 0 Å². The van der Waals surface area contributed by atoms with E-state index in [0.717, 1.165) is 29.7 Å². The van der Waals surface area contributed by atoms with E-state index in [1.807, 2.05) is 25.1 Å². The minimum absolute atomic E-state index is 0.201. The van der Waals surface area contributed by atoms with Crippen LogP contribution in [0.5, 0.6) is 5.75 Å². The fourth-order valence-electron chi connectivity index (χ4n) is 4.87. The highest BCUT2D eigenvalue weighted by atomic mass is 16.7. The molecule has 0 fully saturated rings. The molecule has 0 aliphatic carbocycles. The van der Waals surface area contributed by atoms with Crippen LogP contribution in [0.15, 0.2) is 54.6 Å². The van der Waals surface area contributed by atoms with Crippen molar-refractivity contribution in [1.29, 1.82) is 0 Å². The molecule has 4 nitrogen and oxygen atoms in total. The summed E-state index contributed by atoms with van der Waals surface area (Å²) in [4.78, 5) is 12.6. The third-order valence-electron chi connectivity index (χ3n) is 7.21. The number of carbonyl (C=O) groups excluding carboxylic acids is 1. The summed E-state index contributed by atoms with van der Waals surface area (Å²) in [6.45, 7) is 5.87. The summed E-state index contributed by atoms with van der Waals surface area (Å²) in [6, 6.07) is 18.7. The van der Waals surface area contributed by atoms with Gasteiger partial charge in [-0.3, -0.25) is 4.79 Å². The molecule has 1 unspecified atom stereocenters. The Morgan fingerprint density at radius 3 is 2.00 bits per heavy atom. The van der Waals surface area contributed by atoms with Gasteiger partial charge in [0.1, 0.15) is 12.3 Å². The van der Waals surface area contributed by atoms with Gasteiger partial charge >= 0.3 is 5.97 Å². The molecule has 0 amide bonds. The quantitative estimate of drug-likeness (QED) is 0.0708. The van der Waals surface area contributed by atoms with Gasteiger partial charge in [-0.15, -0.1) is 0 Å². The first-order valence-corrected chi connectivity index (χ1v) is 15.2. The van der Waals surface area contributed by atoms with Crippen LogP contribution in [0.2, 0.25) is 0 Å². The molecule has 0 heterocycles. The molecule has 0 N–H and O–H groups in total. The molecule has 0 saturated carbocycles. The van der Waals surface area contributed by atoms with Crippen LogP contribution >= 0.6 is 0 Å². The highest BCUT2D eigenvalue weighted by Gasteiger charge is 2.21. The zero-order valence-electron chi connectivity index (χ0n) is 24.8. The fourth-order valence-corrected chi connectivity index (χ4v) is 4.87. The summed E-state index contributed by atoms with van der Waals surface area (Å²) in [5.74, 6) is 0.582. The van der Waals surface area contributed by atoms with Crippen molar-refractivity contribution in [3.05, 3.63) is 65.7 Å². The maximum Gasteiger partial charge on any atom is 0.314 e. The smallest absolute Gasteiger partial charge is 0.314 e. The number of hydrogen-bond acceptors (Lipinski definition) is 3. The molecule has 0 saturated heterocycles. The summed E-state index contributed by atoms with van der Waals surface area (Å²) >= 11 is 0. The number of esters is 1. The molecule has 2 aromatic carbocycles. The van der Waals surface area contributed by atoms with E-state index >= 15 is 0 Å². The zero-order chi connectivity index (χ0) is 27.5. The van der Waals surface area contributed by atoms with Crippen molar-refractivity contribution in [3.8, 4) is 5.75 Å². The Morgan fingerprint density at radius 1 is 0.763 bits per heavy atom. The van der Waals surface area contributed by atoms with E-state index < -0.39 is 6.29 Å². The van der Waals surface area contributed by atoms with Crippen molar-refractivity contribution >= 4 is 5.97 Å². The Balaban J connectivity index is 1.65. The van der Waals surface area contributed by atoms with Crippen LogP contribution < -0.4 is 4.74 Å². The SMILES string of the molecule is CCCCCCCCCCCCCc1cccc(OC(CC)OC(=O)CC[N+](C)(C)Cc2ccccc2)c1. The van der Waals surface area contributed by atoms with E-state index in [-0.39, 0.29) is 5.97 Å². The fraction of sp³-hybridized carbons (Fsp3) is 0.618. The van der Waals surface area contributed by atoms with E-state index in [4.69, 9.17) is 9.47 Å². The molecular weight excluding hydrogens is 470 g/mol. The predicted molar refractivity (Wildman–Crippen MR) is 159 cm³/mol. The van der Waals surface area contributed by atoms with Crippen LogP contribution in [0.1, 0.15) is 108 Å². The van der Waals surface area contributed by atoms with Crippen LogP contribution in [0.4, 0.5) is 0 Å². The van der Waals surface area contributed by atoms with Gasteiger partial charge in [0.05, 0.1) is 27.1 Å². The predicted octanol–water partition coefficient (Wildman–Crippen LogP) is 8.86. The maximum absolute atomic E-state index is 12.6. The number of hydrogen-bond donors (Lipinski definition) is 0. The molecule has 0 aromatic heterocycles. The van der Waals surface area contributed by atoms with Gasteiger partial charge < -0.3 is 14.0 Å². The number of rotatable bonds is 21. The minimum atomic E-state index is -0.551. The molecular formula is C34H54NO3+. The maximum atomic E-state index is 12.6. The van der Waals surface area contributed by atoms with Crippen molar-refractivity contribution in [2.75, 3.05) is 20.6 Å². The number of carbonyl (C=O) groups is 1. The standard InChI is InChI=1S/C34H54NO3/c1-5-7-8-9-10-11-12-13-14-15-17-21-30-24-20-25-32(28-30)37-34(6-2)38-33(36)26-27-35(3,4)29-31-22-18-16-19-23-31/h16,18-20,22-25,28,34H,5-15,17,21,26-27,29H2,1-4H3/q+1. The lowest BCUT2D eigenvalue weighted by molar-refractivity contribution is -0.903. The Labute approximate surface area is 233 Å². The molecule has 2 rings (SSSR count). The molecule has 1 atom stereocenters. The van der Waals surface area contributed by atoms with Crippen LogP contribution in [0, 0.1) is 0 Å². The topological polar surface area (TPSA) is 35.5 Å². The number of unbranched alkanes of at least 4 members (excludes halogenated alkanes) is 10. The van der Waals surface area contributed by atoms with Gasteiger partial charge in [0.2, 0.25) is 6.29 Å². The van der Waals surface area contributed by atoms with Gasteiger partial charge in [-0.2, -0.15) is 0 Å². The first kappa shape index (κ1) is 31.9. The average Bonchev–Trinajstić information content (AvgIpc) is 2.91. The lowest BCUT2D eigenvalue weighted by Crippen LogP contribution is -2.41. The van der Waals surface area contributed by atoms with Gasteiger partial charge in [-0.1, -0.05) is 121 Å². The summed E-state index contributed by atoms with van der Waals surface area (Å²) in [7, 11) is 4.30. The van der Waals surface area contributed by atoms with Crippen molar-refractivity contribution in [3.63, 3.8) is 0 Å². The summed E-state index contributed by atoms with van der Waals surface area (Å²) in [5.41, 5.74) is 2.56. The average molecular weight is 525 g/mol. The molecule has 0 aliphatic rings. The Morgan fingerprint density at radius 2 is 1.37 bits per heavy atom. The number of quaternary nitrogens is 1. The normalized spacial score (nSPS) is 12.3. The summed E-state index contributed by atoms with van der Waals surface area (Å²) < 4.78 is 12.5. The molecule has 2 aromatic rings. The van der Waals surface area contributed by atoms with E-state index in [1.54, 1.807) is 0 Å². The monoisotopic (exact) mass is 524 g/mol. The van der Waals surface area contributed by atoms with Crippen LogP contribution in [0.3, 0.4) is 0 Å². The molecule has 0 bridgehead atoms. The van der Waals surface area contributed by atoms with E-state index in [0.29, 0.717) is 12.8 Å². The number of ether oxygens (including phenoxy) is 2. The van der Waals surface area contributed by atoms with E-state index in [9.17, 15) is 4.79 Å². The second-order valence-corrected chi connectivity index (χ2v) is 11.4. The third-order valence-corrected chi connectivity index (χ3v) is 7.21. The molecule has 0 spiro atoms. The van der Waals surface area contributed by atoms with Crippen LogP contribution in [-0.4, -0.2) is 37.4 Å². The van der Waals surface area contributed by atoms with Crippen molar-refractivity contribution in [2.24, 2.45) is 0 Å². The second kappa shape index (κ2) is 18.8. The van der Waals surface area contributed by atoms with Gasteiger partial charge in [-0.25, -0.2) is 0 Å². The Bertz CT molecular complexity index is 880. The van der Waals surface area contributed by atoms with Crippen molar-refractivity contribution < 1.29 is 18.8 Å². The Hall–Kier alpha value is -2.33. The van der Waals surface area contributed by atoms with Gasteiger partial charge in [0, 0.05) is 12.0 Å². The summed E-state index contributed by atoms with van der Waals surface area (Å²) in [5, 5.41) is 0. The first-order chi connectivity index (χ1) is 18.4. The van der Waals surface area contributed by atoms with Crippen LogP contribution in [0.25, 0.3) is 0 Å². The number of aryl methyl sites for hydroxylation is 1. The largest absolute Gasteiger partial charge is 0.455 e. The van der Waals surface area contributed by atoms with Crippen molar-refractivity contribution in [1.82, 2.24) is 0 Å². The van der Waals surface area contributed by atoms with Gasteiger partial charge in [0.25, 0.3) is 0 Å². The molecule has 212 valence electrons. The number of nitrogens with zero attached hydrogens (tertiary/aromatic N) is 1. The lowest BCUT2D eigenvalue weighted by Gasteiger charge is -2.29. The van der Waals surface area contributed by atoms with Crippen molar-refractivity contribution in [2.45, 2.75) is 117 Å². The third kappa shape index (κ3) is 14.6. The van der Waals surface area contributed by atoms with Crippen LogP contribution in [-0.2, 0) is 22.5 Å².